The maximum atomic E-state index is 13.9. The van der Waals surface area contributed by atoms with Crippen molar-refractivity contribution < 1.29 is 50.7 Å². The Balaban J connectivity index is 1.25. The van der Waals surface area contributed by atoms with Gasteiger partial charge in [-0.1, -0.05) is 6.92 Å². The number of alkyl halides is 2. The molecule has 7 fully saturated rings. The maximum Gasteiger partial charge on any atom is 0.465 e. The van der Waals surface area contributed by atoms with Gasteiger partial charge in [0.25, 0.3) is 0 Å². The van der Waals surface area contributed by atoms with Gasteiger partial charge in [-0.25, -0.2) is 4.79 Å². The van der Waals surface area contributed by atoms with Crippen molar-refractivity contribution >= 4 is 22.1 Å². The van der Waals surface area contributed by atoms with E-state index in [1.54, 1.807) is 0 Å². The molecular weight excluding hydrogens is 490 g/mol. The lowest BCUT2D eigenvalue weighted by atomic mass is 9.49. The van der Waals surface area contributed by atoms with Gasteiger partial charge in [0.2, 0.25) is 0 Å². The van der Waals surface area contributed by atoms with E-state index in [-0.39, 0.29) is 6.42 Å². The summed E-state index contributed by atoms with van der Waals surface area (Å²) in [6.07, 6.45) is 2.68. The summed E-state index contributed by atoms with van der Waals surface area (Å²) in [5, 5.41) is 6.22. The first-order chi connectivity index (χ1) is 16.4. The Bertz CT molecular complexity index is 1020. The summed E-state index contributed by atoms with van der Waals surface area (Å²) in [6.45, 7) is 2.04. The van der Waals surface area contributed by atoms with Gasteiger partial charge in [-0.05, 0) is 68.6 Å². The van der Waals surface area contributed by atoms with Crippen LogP contribution in [0.2, 0.25) is 0 Å². The number of aliphatic hydroxyl groups excluding tert-OH is 1. The Morgan fingerprint density at radius 1 is 1.14 bits per heavy atom. The molecule has 7 aliphatic rings. The first-order valence-electron chi connectivity index (χ1n) is 12.5. The highest BCUT2D eigenvalue weighted by molar-refractivity contribution is 7.87. The summed E-state index contributed by atoms with van der Waals surface area (Å²) >= 11 is 0. The number of rotatable bonds is 7. The van der Waals surface area contributed by atoms with Gasteiger partial charge < -0.3 is 19.3 Å². The summed E-state index contributed by atoms with van der Waals surface area (Å²) in [7, 11) is -6.04. The number of ether oxygens (including phenoxy) is 3. The highest BCUT2D eigenvalue weighted by Crippen LogP contribution is 2.63. The molecular formula is C23H30F2O9S. The largest absolute Gasteiger partial charge is 0.465 e. The predicted octanol–water partition coefficient (Wildman–Crippen LogP) is 2.13. The smallest absolute Gasteiger partial charge is 0.458 e. The van der Waals surface area contributed by atoms with Crippen molar-refractivity contribution in [3.05, 3.63) is 0 Å². The molecule has 0 aromatic rings. The van der Waals surface area contributed by atoms with Crippen molar-refractivity contribution in [2.24, 2.45) is 47.3 Å². The second-order valence-electron chi connectivity index (χ2n) is 11.6. The van der Waals surface area contributed by atoms with E-state index in [4.69, 9.17) is 18.8 Å². The summed E-state index contributed by atoms with van der Waals surface area (Å²) in [5.41, 5.74) is -0.527. The number of hydrogen-bond donors (Lipinski definition) is 2. The maximum absolute atomic E-state index is 13.9. The minimum absolute atomic E-state index is 0.289. The zero-order valence-corrected chi connectivity index (χ0v) is 20.0. The molecule has 1 aliphatic heterocycles. The average Bonchev–Trinajstić information content (AvgIpc) is 3.38. The SMILES string of the molecule is CCC1(OC(O)C2C3CC4C(OC(=O)C42)C3OC(=O)C(F)(F)S(=O)(=O)O)C2CC3CC(C2)CC1C3. The average molecular weight is 521 g/mol. The molecule has 7 unspecified atom stereocenters. The first-order valence-corrected chi connectivity index (χ1v) is 13.9. The number of esters is 2. The molecule has 0 aromatic heterocycles. The molecule has 0 spiro atoms. The molecule has 12 heteroatoms. The van der Waals surface area contributed by atoms with E-state index in [2.05, 4.69) is 0 Å². The summed E-state index contributed by atoms with van der Waals surface area (Å²) < 4.78 is 75.1. The van der Waals surface area contributed by atoms with E-state index in [1.165, 1.54) is 6.42 Å². The van der Waals surface area contributed by atoms with Crippen LogP contribution in [0.1, 0.15) is 51.9 Å². The first kappa shape index (κ1) is 24.0. The lowest BCUT2D eigenvalue weighted by Gasteiger charge is -2.61. The molecule has 9 nitrogen and oxygen atoms in total. The fourth-order valence-electron chi connectivity index (χ4n) is 9.03. The Morgan fingerprint density at radius 3 is 2.29 bits per heavy atom. The number of aliphatic hydroxyl groups is 1. The van der Waals surface area contributed by atoms with Crippen molar-refractivity contribution in [1.29, 1.82) is 0 Å². The van der Waals surface area contributed by atoms with Crippen LogP contribution in [-0.2, 0) is 33.9 Å². The molecule has 6 bridgehead atoms. The molecule has 0 amide bonds. The van der Waals surface area contributed by atoms with E-state index < -0.39 is 75.1 Å². The summed E-state index contributed by atoms with van der Waals surface area (Å²) in [5.74, 6) is -3.77. The van der Waals surface area contributed by atoms with Crippen molar-refractivity contribution in [3.63, 3.8) is 0 Å². The zero-order valence-electron chi connectivity index (χ0n) is 19.2. The van der Waals surface area contributed by atoms with Crippen LogP contribution in [0.15, 0.2) is 0 Å². The predicted molar refractivity (Wildman–Crippen MR) is 112 cm³/mol. The molecule has 0 aromatic carbocycles. The lowest BCUT2D eigenvalue weighted by Crippen LogP contribution is -2.61. The van der Waals surface area contributed by atoms with Gasteiger partial charge in [-0.2, -0.15) is 17.2 Å². The van der Waals surface area contributed by atoms with Crippen molar-refractivity contribution in [2.45, 2.75) is 81.2 Å². The number of halogens is 2. The van der Waals surface area contributed by atoms with Crippen molar-refractivity contribution in [2.75, 3.05) is 0 Å². The van der Waals surface area contributed by atoms with Gasteiger partial charge in [0.15, 0.2) is 6.29 Å². The molecule has 35 heavy (non-hydrogen) atoms. The Kier molecular flexibility index (Phi) is 5.20. The van der Waals surface area contributed by atoms with Crippen LogP contribution in [0.4, 0.5) is 8.78 Å². The van der Waals surface area contributed by atoms with Crippen LogP contribution >= 0.6 is 0 Å². The third-order valence-corrected chi connectivity index (χ3v) is 11.0. The standard InChI is InChI=1S/C23H30F2O9S/c1-2-22(11-4-9-3-10(6-11)7-12(22)5-9)34-20(27)16-14-8-13-15(16)19(26)32-17(13)18(14)33-21(28)23(24,25)35(29,30)31/h9-18,20,27H,2-8H2,1H3,(H,29,30,31). The molecule has 196 valence electrons. The van der Waals surface area contributed by atoms with Crippen LogP contribution in [0.5, 0.6) is 0 Å². The van der Waals surface area contributed by atoms with E-state index in [0.717, 1.165) is 25.7 Å². The Morgan fingerprint density at radius 2 is 1.74 bits per heavy atom. The zero-order chi connectivity index (χ0) is 25.1. The molecule has 6 aliphatic carbocycles. The quantitative estimate of drug-likeness (QED) is 0.294. The monoisotopic (exact) mass is 520 g/mol. The highest BCUT2D eigenvalue weighted by atomic mass is 32.2. The fraction of sp³-hybridized carbons (Fsp3) is 0.913. The Labute approximate surface area is 201 Å². The van der Waals surface area contributed by atoms with Crippen LogP contribution in [-0.4, -0.2) is 59.4 Å². The van der Waals surface area contributed by atoms with Gasteiger partial charge in [-0.3, -0.25) is 9.35 Å². The number of carbonyl (C=O) groups is 2. The minimum atomic E-state index is -6.04. The van der Waals surface area contributed by atoms with Gasteiger partial charge >= 0.3 is 27.3 Å². The third-order valence-electron chi connectivity index (χ3n) is 10.2. The van der Waals surface area contributed by atoms with Crippen LogP contribution < -0.4 is 0 Å². The van der Waals surface area contributed by atoms with Crippen molar-refractivity contribution in [3.8, 4) is 0 Å². The van der Waals surface area contributed by atoms with Gasteiger partial charge in [0.1, 0.15) is 12.2 Å². The second-order valence-corrected chi connectivity index (χ2v) is 13.0. The lowest BCUT2D eigenvalue weighted by molar-refractivity contribution is -0.291. The van der Waals surface area contributed by atoms with E-state index >= 15 is 0 Å². The fourth-order valence-corrected chi connectivity index (χ4v) is 9.29. The normalized spacial score (nSPS) is 48.3. The van der Waals surface area contributed by atoms with Crippen molar-refractivity contribution in [1.82, 2.24) is 0 Å². The number of fused-ring (bicyclic) bond motifs is 1. The summed E-state index contributed by atoms with van der Waals surface area (Å²) in [6, 6.07) is 0. The molecule has 1 heterocycles. The minimum Gasteiger partial charge on any atom is -0.458 e. The van der Waals surface area contributed by atoms with Gasteiger partial charge in [0, 0.05) is 17.8 Å². The Hall–Kier alpha value is -1.37. The number of hydrogen-bond acceptors (Lipinski definition) is 8. The molecule has 1 saturated heterocycles. The highest BCUT2D eigenvalue weighted by Gasteiger charge is 2.71. The van der Waals surface area contributed by atoms with Gasteiger partial charge in [-0.15, -0.1) is 0 Å². The molecule has 2 N–H and O–H groups in total. The van der Waals surface area contributed by atoms with Gasteiger partial charge in [0.05, 0.1) is 11.5 Å². The third kappa shape index (κ3) is 3.21. The van der Waals surface area contributed by atoms with E-state index in [0.29, 0.717) is 30.1 Å². The molecule has 7 atom stereocenters. The topological polar surface area (TPSA) is 136 Å². The van der Waals surface area contributed by atoms with Crippen LogP contribution in [0.3, 0.4) is 0 Å². The number of carbonyl (C=O) groups excluding carboxylic acids is 2. The molecule has 6 saturated carbocycles. The van der Waals surface area contributed by atoms with E-state index in [1.807, 2.05) is 6.92 Å². The van der Waals surface area contributed by atoms with Crippen LogP contribution in [0, 0.1) is 47.3 Å². The van der Waals surface area contributed by atoms with E-state index in [9.17, 15) is 31.9 Å². The molecule has 7 rings (SSSR count). The second kappa shape index (κ2) is 7.58. The van der Waals surface area contributed by atoms with Crippen LogP contribution in [0.25, 0.3) is 0 Å². The molecule has 0 radical (unpaired) electrons. The summed E-state index contributed by atoms with van der Waals surface area (Å²) in [4.78, 5) is 24.7.